The van der Waals surface area contributed by atoms with Crippen LogP contribution >= 0.6 is 0 Å². The Hall–Kier alpha value is -2.46. The number of piperidine rings is 1. The molecule has 10 heteroatoms. The first-order chi connectivity index (χ1) is 16.7. The van der Waals surface area contributed by atoms with Crippen molar-refractivity contribution in [2.75, 3.05) is 26.2 Å². The monoisotopic (exact) mass is 502 g/mol. The highest BCUT2D eigenvalue weighted by molar-refractivity contribution is 7.85. The van der Waals surface area contributed by atoms with Gasteiger partial charge >= 0.3 is 0 Å². The van der Waals surface area contributed by atoms with Crippen LogP contribution in [0, 0.1) is 12.7 Å². The lowest BCUT2D eigenvalue weighted by atomic mass is 10.1. The maximum atomic E-state index is 15.2. The summed E-state index contributed by atoms with van der Waals surface area (Å²) in [5, 5.41) is 8.05. The largest absolute Gasteiger partial charge is 0.491 e. The van der Waals surface area contributed by atoms with E-state index in [0.717, 1.165) is 43.0 Å². The Morgan fingerprint density at radius 3 is 2.57 bits per heavy atom. The van der Waals surface area contributed by atoms with E-state index in [4.69, 9.17) is 4.74 Å². The molecule has 3 aliphatic rings. The molecule has 1 saturated heterocycles. The van der Waals surface area contributed by atoms with E-state index in [9.17, 15) is 4.21 Å². The number of rotatable bonds is 5. The standard InChI is InChI=1S/C25H35FN6O2S/c1-15(2)30-8-6-18(7-9-30)35(33)23-12-19-22(13-20(23)26)34-11-10-31-14-21(28-24(19)31)25-27-17(5)29-32(25)16(3)4/h12-16,18,24,28H,6-11H2,1-5H3. The highest BCUT2D eigenvalue weighted by Crippen LogP contribution is 2.39. The Kier molecular flexibility index (Phi) is 6.61. The second-order valence-electron chi connectivity index (χ2n) is 10.1. The van der Waals surface area contributed by atoms with Crippen molar-refractivity contribution in [1.82, 2.24) is 29.9 Å². The van der Waals surface area contributed by atoms with Crippen LogP contribution < -0.4 is 10.1 Å². The molecule has 5 rings (SSSR count). The molecule has 0 radical (unpaired) electrons. The molecule has 8 nitrogen and oxygen atoms in total. The molecule has 1 fully saturated rings. The van der Waals surface area contributed by atoms with Gasteiger partial charge in [0.05, 0.1) is 27.9 Å². The molecule has 4 heterocycles. The van der Waals surface area contributed by atoms with E-state index < -0.39 is 16.6 Å². The average Bonchev–Trinajstić information content (AvgIpc) is 3.38. The number of nitrogens with one attached hydrogen (secondary N) is 1. The number of fused-ring (bicyclic) bond motifs is 3. The van der Waals surface area contributed by atoms with E-state index in [1.165, 1.54) is 6.07 Å². The summed E-state index contributed by atoms with van der Waals surface area (Å²) >= 11 is 0. The quantitative estimate of drug-likeness (QED) is 0.670. The average molecular weight is 503 g/mol. The lowest BCUT2D eigenvalue weighted by Gasteiger charge is -2.34. The number of aromatic nitrogens is 3. The van der Waals surface area contributed by atoms with Crippen LogP contribution in [0.3, 0.4) is 0 Å². The molecule has 0 aliphatic carbocycles. The Balaban J connectivity index is 1.43. The van der Waals surface area contributed by atoms with Crippen molar-refractivity contribution in [1.29, 1.82) is 0 Å². The van der Waals surface area contributed by atoms with Crippen molar-refractivity contribution in [2.45, 2.75) is 75.9 Å². The number of likely N-dealkylation sites (tertiary alicyclic amines) is 1. The van der Waals surface area contributed by atoms with Crippen molar-refractivity contribution >= 4 is 16.5 Å². The Labute approximate surface area is 209 Å². The molecule has 1 N–H and O–H groups in total. The molecule has 0 bridgehead atoms. The van der Waals surface area contributed by atoms with Gasteiger partial charge in [0.25, 0.3) is 0 Å². The predicted octanol–water partition coefficient (Wildman–Crippen LogP) is 3.58. The van der Waals surface area contributed by atoms with Crippen LogP contribution in [-0.4, -0.2) is 66.3 Å². The second-order valence-corrected chi connectivity index (χ2v) is 11.8. The zero-order valence-electron chi connectivity index (χ0n) is 21.1. The Morgan fingerprint density at radius 1 is 1.14 bits per heavy atom. The van der Waals surface area contributed by atoms with Crippen molar-refractivity contribution in [3.63, 3.8) is 0 Å². The van der Waals surface area contributed by atoms with Crippen molar-refractivity contribution in [2.24, 2.45) is 0 Å². The Morgan fingerprint density at radius 2 is 1.89 bits per heavy atom. The molecule has 2 unspecified atom stereocenters. The molecule has 0 saturated carbocycles. The number of ether oxygens (including phenoxy) is 1. The molecule has 0 spiro atoms. The lowest BCUT2D eigenvalue weighted by Crippen LogP contribution is -2.41. The van der Waals surface area contributed by atoms with Gasteiger partial charge < -0.3 is 19.9 Å². The van der Waals surface area contributed by atoms with Crippen molar-refractivity contribution in [3.05, 3.63) is 41.4 Å². The molecule has 0 amide bonds. The summed E-state index contributed by atoms with van der Waals surface area (Å²) in [4.78, 5) is 9.44. The zero-order chi connectivity index (χ0) is 24.9. The van der Waals surface area contributed by atoms with E-state index in [2.05, 4.69) is 52.9 Å². The van der Waals surface area contributed by atoms with Crippen molar-refractivity contribution in [3.8, 4) is 5.75 Å². The van der Waals surface area contributed by atoms with Gasteiger partial charge in [-0.3, -0.25) is 4.21 Å². The molecular weight excluding hydrogens is 467 g/mol. The SMILES string of the molecule is Cc1nc(C2=CN3CCOc4cc(F)c(S(=O)C5CCN(C(C)C)CC5)cc4C3N2)n(C(C)C)n1. The summed E-state index contributed by atoms with van der Waals surface area (Å²) in [5.74, 6) is 1.53. The van der Waals surface area contributed by atoms with Crippen LogP contribution in [0.15, 0.2) is 23.2 Å². The van der Waals surface area contributed by atoms with Gasteiger partial charge in [0.15, 0.2) is 5.82 Å². The molecule has 1 aromatic carbocycles. The van der Waals surface area contributed by atoms with E-state index in [0.29, 0.717) is 30.8 Å². The van der Waals surface area contributed by atoms with E-state index >= 15 is 4.39 Å². The Bertz CT molecular complexity index is 1160. The minimum atomic E-state index is -1.42. The van der Waals surface area contributed by atoms with E-state index in [1.54, 1.807) is 6.07 Å². The van der Waals surface area contributed by atoms with Crippen LogP contribution in [-0.2, 0) is 10.8 Å². The molecular formula is C25H35FN6O2S. The van der Waals surface area contributed by atoms with Gasteiger partial charge in [-0.25, -0.2) is 14.1 Å². The second kappa shape index (κ2) is 9.54. The van der Waals surface area contributed by atoms with Crippen LogP contribution in [0.5, 0.6) is 5.75 Å². The maximum absolute atomic E-state index is 15.2. The third-order valence-corrected chi connectivity index (χ3v) is 8.90. The molecule has 2 aromatic rings. The highest BCUT2D eigenvalue weighted by Gasteiger charge is 2.35. The zero-order valence-corrected chi connectivity index (χ0v) is 21.9. The van der Waals surface area contributed by atoms with Gasteiger partial charge in [-0.05, 0) is 66.6 Å². The van der Waals surface area contributed by atoms with Crippen molar-refractivity contribution < 1.29 is 13.3 Å². The third kappa shape index (κ3) is 4.58. The molecule has 1 aromatic heterocycles. The van der Waals surface area contributed by atoms with Gasteiger partial charge in [-0.1, -0.05) is 0 Å². The molecule has 3 aliphatic heterocycles. The predicted molar refractivity (Wildman–Crippen MR) is 134 cm³/mol. The van der Waals surface area contributed by atoms with Gasteiger partial charge in [0, 0.05) is 35.2 Å². The van der Waals surface area contributed by atoms with E-state index in [-0.39, 0.29) is 22.4 Å². The summed E-state index contributed by atoms with van der Waals surface area (Å²) < 4.78 is 36.5. The number of nitrogens with zero attached hydrogens (tertiary/aromatic N) is 5. The lowest BCUT2D eigenvalue weighted by molar-refractivity contribution is 0.187. The number of hydrogen-bond donors (Lipinski definition) is 1. The van der Waals surface area contributed by atoms with Crippen LogP contribution in [0.2, 0.25) is 0 Å². The normalized spacial score (nSPS) is 21.9. The van der Waals surface area contributed by atoms with Gasteiger partial charge in [-0.2, -0.15) is 5.10 Å². The minimum absolute atomic E-state index is 0.0434. The fourth-order valence-corrected chi connectivity index (χ4v) is 6.64. The molecule has 35 heavy (non-hydrogen) atoms. The summed E-state index contributed by atoms with van der Waals surface area (Å²) in [6.07, 6.45) is 3.40. The first-order valence-electron chi connectivity index (χ1n) is 12.5. The summed E-state index contributed by atoms with van der Waals surface area (Å²) in [7, 11) is -1.42. The smallest absolute Gasteiger partial charge is 0.176 e. The van der Waals surface area contributed by atoms with Gasteiger partial charge in [-0.15, -0.1) is 0 Å². The molecule has 190 valence electrons. The van der Waals surface area contributed by atoms with Gasteiger partial charge in [0.2, 0.25) is 0 Å². The number of hydrogen-bond acceptors (Lipinski definition) is 7. The van der Waals surface area contributed by atoms with Crippen LogP contribution in [0.4, 0.5) is 4.39 Å². The number of benzene rings is 1. The first-order valence-corrected chi connectivity index (χ1v) is 13.7. The summed E-state index contributed by atoms with van der Waals surface area (Å²) in [6.45, 7) is 13.2. The summed E-state index contributed by atoms with van der Waals surface area (Å²) in [5.41, 5.74) is 1.66. The van der Waals surface area contributed by atoms with Crippen LogP contribution in [0.25, 0.3) is 5.70 Å². The first kappa shape index (κ1) is 24.2. The minimum Gasteiger partial charge on any atom is -0.491 e. The fraction of sp³-hybridized carbons (Fsp3) is 0.600. The third-order valence-electron chi connectivity index (χ3n) is 7.08. The van der Waals surface area contributed by atoms with E-state index in [1.807, 2.05) is 17.8 Å². The fourth-order valence-electron chi connectivity index (χ4n) is 5.14. The van der Waals surface area contributed by atoms with Crippen LogP contribution in [0.1, 0.15) is 70.0 Å². The molecule has 2 atom stereocenters. The number of halogens is 1. The summed E-state index contributed by atoms with van der Waals surface area (Å²) in [6, 6.07) is 3.80. The van der Waals surface area contributed by atoms with Gasteiger partial charge in [0.1, 0.15) is 30.2 Å². The maximum Gasteiger partial charge on any atom is 0.176 e. The topological polar surface area (TPSA) is 75.5 Å². The number of aryl methyl sites for hydroxylation is 1. The highest BCUT2D eigenvalue weighted by atomic mass is 32.2.